The number of hydrogen-bond acceptors (Lipinski definition) is 2. The molecule has 0 amide bonds. The van der Waals surface area contributed by atoms with Crippen molar-refractivity contribution in [1.82, 2.24) is 10.2 Å². The first-order valence-corrected chi connectivity index (χ1v) is 6.92. The summed E-state index contributed by atoms with van der Waals surface area (Å²) in [6.07, 6.45) is 1.01. The molecular formula is C15H25FN2. The maximum atomic E-state index is 13.3. The summed E-state index contributed by atoms with van der Waals surface area (Å²) in [5.74, 6) is -0.154. The lowest BCUT2D eigenvalue weighted by Gasteiger charge is -2.23. The highest BCUT2D eigenvalue weighted by molar-refractivity contribution is 5.20. The van der Waals surface area contributed by atoms with Gasteiger partial charge in [-0.3, -0.25) is 0 Å². The van der Waals surface area contributed by atoms with Gasteiger partial charge < -0.3 is 10.2 Å². The van der Waals surface area contributed by atoms with Gasteiger partial charge in [0.1, 0.15) is 5.82 Å². The molecule has 0 aliphatic heterocycles. The zero-order valence-corrected chi connectivity index (χ0v) is 11.7. The lowest BCUT2D eigenvalue weighted by Crippen LogP contribution is -2.29. The second-order valence-electron chi connectivity index (χ2n) is 4.48. The van der Waals surface area contributed by atoms with E-state index in [0.29, 0.717) is 0 Å². The first-order chi connectivity index (χ1) is 8.71. The topological polar surface area (TPSA) is 15.3 Å². The van der Waals surface area contributed by atoms with Gasteiger partial charge in [0.15, 0.2) is 0 Å². The van der Waals surface area contributed by atoms with Crippen LogP contribution in [0, 0.1) is 5.82 Å². The van der Waals surface area contributed by atoms with Gasteiger partial charge in [-0.1, -0.05) is 32.9 Å². The number of benzene rings is 1. The molecule has 1 rings (SSSR count). The van der Waals surface area contributed by atoms with Crippen LogP contribution in [0.3, 0.4) is 0 Å². The van der Waals surface area contributed by atoms with Gasteiger partial charge >= 0.3 is 0 Å². The molecule has 0 saturated heterocycles. The van der Waals surface area contributed by atoms with Crippen molar-refractivity contribution in [1.29, 1.82) is 0 Å². The van der Waals surface area contributed by atoms with Crippen LogP contribution in [0.1, 0.15) is 38.8 Å². The molecule has 1 N–H and O–H groups in total. The average molecular weight is 252 g/mol. The molecule has 0 spiro atoms. The Morgan fingerprint density at radius 1 is 1.22 bits per heavy atom. The van der Waals surface area contributed by atoms with Crippen LogP contribution < -0.4 is 5.32 Å². The van der Waals surface area contributed by atoms with Crippen molar-refractivity contribution in [2.75, 3.05) is 26.2 Å². The van der Waals surface area contributed by atoms with Crippen LogP contribution in [0.5, 0.6) is 0 Å². The third kappa shape index (κ3) is 4.75. The number of nitrogens with zero attached hydrogens (tertiary/aromatic N) is 1. The Hall–Kier alpha value is -0.930. The van der Waals surface area contributed by atoms with E-state index < -0.39 is 0 Å². The van der Waals surface area contributed by atoms with Gasteiger partial charge in [0, 0.05) is 6.04 Å². The van der Waals surface area contributed by atoms with Crippen LogP contribution >= 0.6 is 0 Å². The summed E-state index contributed by atoms with van der Waals surface area (Å²) in [5.41, 5.74) is 1.05. The van der Waals surface area contributed by atoms with Gasteiger partial charge in [0.25, 0.3) is 0 Å². The van der Waals surface area contributed by atoms with Crippen LogP contribution in [-0.4, -0.2) is 31.1 Å². The third-order valence-corrected chi connectivity index (χ3v) is 3.33. The van der Waals surface area contributed by atoms with Gasteiger partial charge in [-0.05, 0) is 50.3 Å². The lowest BCUT2D eigenvalue weighted by molar-refractivity contribution is 0.282. The zero-order chi connectivity index (χ0) is 13.4. The second kappa shape index (κ2) is 8.22. The van der Waals surface area contributed by atoms with E-state index >= 15 is 0 Å². The number of halogens is 1. The van der Waals surface area contributed by atoms with Crippen LogP contribution in [0.4, 0.5) is 4.39 Å². The molecule has 2 nitrogen and oxygen atoms in total. The second-order valence-corrected chi connectivity index (χ2v) is 4.48. The molecule has 0 heterocycles. The SMILES string of the molecule is CCNC(CCN(CC)CC)c1cccc(F)c1. The Kier molecular flexibility index (Phi) is 6.91. The van der Waals surface area contributed by atoms with E-state index in [-0.39, 0.29) is 11.9 Å². The van der Waals surface area contributed by atoms with Crippen molar-refractivity contribution >= 4 is 0 Å². The summed E-state index contributed by atoms with van der Waals surface area (Å²) < 4.78 is 13.3. The van der Waals surface area contributed by atoms with Crippen molar-refractivity contribution in [3.8, 4) is 0 Å². The Bertz CT molecular complexity index is 337. The highest BCUT2D eigenvalue weighted by Crippen LogP contribution is 2.18. The van der Waals surface area contributed by atoms with Gasteiger partial charge in [0.05, 0.1) is 0 Å². The highest BCUT2D eigenvalue weighted by atomic mass is 19.1. The third-order valence-electron chi connectivity index (χ3n) is 3.33. The molecule has 1 aromatic rings. The molecule has 1 atom stereocenters. The predicted octanol–water partition coefficient (Wildman–Crippen LogP) is 3.21. The monoisotopic (exact) mass is 252 g/mol. The first-order valence-electron chi connectivity index (χ1n) is 6.92. The first kappa shape index (κ1) is 15.1. The summed E-state index contributed by atoms with van der Waals surface area (Å²) in [6.45, 7) is 10.5. The van der Waals surface area contributed by atoms with Crippen LogP contribution in [0.2, 0.25) is 0 Å². The predicted molar refractivity (Wildman–Crippen MR) is 75.2 cm³/mol. The molecule has 1 aromatic carbocycles. The van der Waals surface area contributed by atoms with Gasteiger partial charge in [0.2, 0.25) is 0 Å². The maximum absolute atomic E-state index is 13.3. The minimum Gasteiger partial charge on any atom is -0.310 e. The van der Waals surface area contributed by atoms with E-state index in [2.05, 4.69) is 31.0 Å². The molecule has 0 bridgehead atoms. The van der Waals surface area contributed by atoms with Crippen molar-refractivity contribution in [3.63, 3.8) is 0 Å². The average Bonchev–Trinajstić information content (AvgIpc) is 2.38. The van der Waals surface area contributed by atoms with E-state index in [1.54, 1.807) is 12.1 Å². The molecule has 0 radical (unpaired) electrons. The van der Waals surface area contributed by atoms with E-state index in [4.69, 9.17) is 0 Å². The molecule has 0 aliphatic carbocycles. The summed E-state index contributed by atoms with van der Waals surface area (Å²) in [6, 6.07) is 7.16. The molecule has 0 aromatic heterocycles. The van der Waals surface area contributed by atoms with E-state index in [9.17, 15) is 4.39 Å². The summed E-state index contributed by atoms with van der Waals surface area (Å²) in [5, 5.41) is 3.44. The summed E-state index contributed by atoms with van der Waals surface area (Å²) in [7, 11) is 0. The van der Waals surface area contributed by atoms with Crippen molar-refractivity contribution in [3.05, 3.63) is 35.6 Å². The van der Waals surface area contributed by atoms with Gasteiger partial charge in [-0.2, -0.15) is 0 Å². The molecule has 3 heteroatoms. The van der Waals surface area contributed by atoms with Crippen molar-refractivity contribution in [2.24, 2.45) is 0 Å². The Balaban J connectivity index is 2.64. The van der Waals surface area contributed by atoms with Crippen molar-refractivity contribution < 1.29 is 4.39 Å². The van der Waals surface area contributed by atoms with Gasteiger partial charge in [-0.15, -0.1) is 0 Å². The Labute approximate surface area is 110 Å². The normalized spacial score (nSPS) is 12.9. The lowest BCUT2D eigenvalue weighted by atomic mass is 10.0. The fourth-order valence-corrected chi connectivity index (χ4v) is 2.21. The van der Waals surface area contributed by atoms with E-state index in [1.165, 1.54) is 6.07 Å². The molecule has 0 fully saturated rings. The highest BCUT2D eigenvalue weighted by Gasteiger charge is 2.12. The Morgan fingerprint density at radius 2 is 1.94 bits per heavy atom. The quantitative estimate of drug-likeness (QED) is 0.764. The van der Waals surface area contributed by atoms with Crippen LogP contribution in [-0.2, 0) is 0 Å². The number of hydrogen-bond donors (Lipinski definition) is 1. The minimum atomic E-state index is -0.154. The van der Waals surface area contributed by atoms with Gasteiger partial charge in [-0.25, -0.2) is 4.39 Å². The standard InChI is InChI=1S/C15H25FN2/c1-4-17-15(10-11-18(5-2)6-3)13-8-7-9-14(16)12-13/h7-9,12,15,17H,4-6,10-11H2,1-3H3. The molecule has 102 valence electrons. The molecule has 18 heavy (non-hydrogen) atoms. The number of rotatable bonds is 8. The molecule has 0 saturated carbocycles. The molecule has 0 aliphatic rings. The summed E-state index contributed by atoms with van der Waals surface area (Å²) in [4.78, 5) is 2.39. The maximum Gasteiger partial charge on any atom is 0.123 e. The molecular weight excluding hydrogens is 227 g/mol. The number of nitrogens with one attached hydrogen (secondary N) is 1. The largest absolute Gasteiger partial charge is 0.310 e. The Morgan fingerprint density at radius 3 is 2.50 bits per heavy atom. The fourth-order valence-electron chi connectivity index (χ4n) is 2.21. The fraction of sp³-hybridized carbons (Fsp3) is 0.600. The van der Waals surface area contributed by atoms with E-state index in [1.807, 2.05) is 6.07 Å². The smallest absolute Gasteiger partial charge is 0.123 e. The van der Waals surface area contributed by atoms with Crippen molar-refractivity contribution in [2.45, 2.75) is 33.2 Å². The van der Waals surface area contributed by atoms with Crippen LogP contribution in [0.25, 0.3) is 0 Å². The van der Waals surface area contributed by atoms with Crippen LogP contribution in [0.15, 0.2) is 24.3 Å². The summed E-state index contributed by atoms with van der Waals surface area (Å²) >= 11 is 0. The van der Waals surface area contributed by atoms with E-state index in [0.717, 1.165) is 38.2 Å². The zero-order valence-electron chi connectivity index (χ0n) is 11.7. The minimum absolute atomic E-state index is 0.154. The molecule has 1 unspecified atom stereocenters.